The van der Waals surface area contributed by atoms with Gasteiger partial charge in [-0.15, -0.1) is 0 Å². The molecule has 0 saturated heterocycles. The van der Waals surface area contributed by atoms with Crippen molar-refractivity contribution in [1.29, 1.82) is 0 Å². The zero-order valence-electron chi connectivity index (χ0n) is 10.4. The van der Waals surface area contributed by atoms with Gasteiger partial charge in [-0.05, 0) is 22.4 Å². The predicted molar refractivity (Wildman–Crippen MR) is 69.1 cm³/mol. The van der Waals surface area contributed by atoms with Crippen molar-refractivity contribution in [3.8, 4) is 0 Å². The molecule has 0 aromatic carbocycles. The van der Waals surface area contributed by atoms with Crippen LogP contribution in [0.2, 0.25) is 0 Å². The lowest BCUT2D eigenvalue weighted by Crippen LogP contribution is -2.37. The molecule has 8 heteroatoms. The largest absolute Gasteiger partial charge is 0.405 e. The molecule has 1 heterocycles. The van der Waals surface area contributed by atoms with Gasteiger partial charge in [0.1, 0.15) is 22.8 Å². The first-order valence-corrected chi connectivity index (χ1v) is 6.61. The maximum absolute atomic E-state index is 12.5. The van der Waals surface area contributed by atoms with E-state index in [-0.39, 0.29) is 19.0 Å². The van der Waals surface area contributed by atoms with E-state index in [1.165, 1.54) is 6.07 Å². The van der Waals surface area contributed by atoms with E-state index < -0.39 is 12.7 Å². The van der Waals surface area contributed by atoms with Crippen molar-refractivity contribution in [2.45, 2.75) is 25.9 Å². The molecule has 0 spiro atoms. The Morgan fingerprint density at radius 1 is 1.37 bits per heavy atom. The number of aromatic nitrogens is 2. The van der Waals surface area contributed by atoms with Crippen LogP contribution in [0, 0.1) is 0 Å². The van der Waals surface area contributed by atoms with Crippen LogP contribution >= 0.6 is 15.9 Å². The summed E-state index contributed by atoms with van der Waals surface area (Å²) in [6.07, 6.45) is -2.96. The highest BCUT2D eigenvalue weighted by Gasteiger charge is 2.31. The number of aliphatic hydroxyl groups excluding tert-OH is 1. The summed E-state index contributed by atoms with van der Waals surface area (Å²) in [7, 11) is 0. The van der Waals surface area contributed by atoms with Crippen molar-refractivity contribution in [2.24, 2.45) is 0 Å². The molecule has 0 saturated carbocycles. The molecule has 1 aromatic heterocycles. The second kappa shape index (κ2) is 7.04. The number of aryl methyl sites for hydroxylation is 1. The highest BCUT2D eigenvalue weighted by Crippen LogP contribution is 2.22. The lowest BCUT2D eigenvalue weighted by Gasteiger charge is -2.24. The summed E-state index contributed by atoms with van der Waals surface area (Å²) in [5, 5.41) is 8.87. The molecular formula is C11H15BrF3N3O. The van der Waals surface area contributed by atoms with Crippen molar-refractivity contribution in [3.63, 3.8) is 0 Å². The van der Waals surface area contributed by atoms with E-state index in [2.05, 4.69) is 25.9 Å². The number of aliphatic hydroxyl groups is 1. The van der Waals surface area contributed by atoms with Gasteiger partial charge in [0.25, 0.3) is 0 Å². The minimum absolute atomic E-state index is 0.130. The van der Waals surface area contributed by atoms with Gasteiger partial charge in [0.2, 0.25) is 0 Å². The first-order valence-electron chi connectivity index (χ1n) is 5.81. The monoisotopic (exact) mass is 341 g/mol. The maximum atomic E-state index is 12.5. The lowest BCUT2D eigenvalue weighted by molar-refractivity contribution is -0.120. The van der Waals surface area contributed by atoms with Crippen LogP contribution in [0.15, 0.2) is 10.7 Å². The van der Waals surface area contributed by atoms with Crippen molar-refractivity contribution in [2.75, 3.05) is 24.6 Å². The van der Waals surface area contributed by atoms with Crippen LogP contribution in [0.5, 0.6) is 0 Å². The minimum atomic E-state index is -4.35. The van der Waals surface area contributed by atoms with Crippen LogP contribution in [-0.2, 0) is 6.42 Å². The zero-order chi connectivity index (χ0) is 14.5. The Kier molecular flexibility index (Phi) is 5.99. The molecule has 0 bridgehead atoms. The molecule has 0 amide bonds. The number of halogens is 4. The van der Waals surface area contributed by atoms with Gasteiger partial charge >= 0.3 is 6.18 Å². The molecule has 19 heavy (non-hydrogen) atoms. The number of hydrogen-bond acceptors (Lipinski definition) is 4. The number of alkyl halides is 3. The number of nitrogens with zero attached hydrogens (tertiary/aromatic N) is 3. The first-order chi connectivity index (χ1) is 8.85. The van der Waals surface area contributed by atoms with Gasteiger partial charge < -0.3 is 10.0 Å². The fourth-order valence-corrected chi connectivity index (χ4v) is 1.97. The smallest absolute Gasteiger partial charge is 0.395 e. The van der Waals surface area contributed by atoms with Gasteiger partial charge in [-0.1, -0.05) is 6.92 Å². The molecule has 0 fully saturated rings. The molecular weight excluding hydrogens is 327 g/mol. The molecule has 1 N–H and O–H groups in total. The normalized spacial score (nSPS) is 11.7. The van der Waals surface area contributed by atoms with Crippen LogP contribution < -0.4 is 4.90 Å². The van der Waals surface area contributed by atoms with Crippen LogP contribution in [0.1, 0.15) is 19.2 Å². The van der Waals surface area contributed by atoms with Crippen molar-refractivity contribution in [3.05, 3.63) is 16.5 Å². The van der Waals surface area contributed by atoms with Crippen LogP contribution in [0.4, 0.5) is 19.0 Å². The Morgan fingerprint density at radius 2 is 2.05 bits per heavy atom. The van der Waals surface area contributed by atoms with Gasteiger partial charge in [0.15, 0.2) is 0 Å². The summed E-state index contributed by atoms with van der Waals surface area (Å²) in [5.74, 6) is 0.647. The number of anilines is 1. The van der Waals surface area contributed by atoms with Crippen LogP contribution in [0.25, 0.3) is 0 Å². The highest BCUT2D eigenvalue weighted by atomic mass is 79.9. The molecule has 4 nitrogen and oxygen atoms in total. The van der Waals surface area contributed by atoms with E-state index in [0.29, 0.717) is 16.8 Å². The standard InChI is InChI=1S/C11H15BrF3N3O/c1-2-3-9-16-8(12)6-10(17-9)18(4-5-19)7-11(13,14)15/h6,19H,2-5,7H2,1H3. The number of rotatable bonds is 6. The van der Waals surface area contributed by atoms with Crippen molar-refractivity contribution in [1.82, 2.24) is 9.97 Å². The van der Waals surface area contributed by atoms with Crippen molar-refractivity contribution < 1.29 is 18.3 Å². The summed E-state index contributed by atoms with van der Waals surface area (Å²) < 4.78 is 37.9. The van der Waals surface area contributed by atoms with Crippen molar-refractivity contribution >= 4 is 21.7 Å². The van der Waals surface area contributed by atoms with E-state index in [1.807, 2.05) is 6.92 Å². The lowest BCUT2D eigenvalue weighted by atomic mass is 10.3. The Labute approximate surface area is 117 Å². The molecule has 1 aromatic rings. The summed E-state index contributed by atoms with van der Waals surface area (Å²) >= 11 is 3.16. The molecule has 108 valence electrons. The molecule has 0 radical (unpaired) electrons. The minimum Gasteiger partial charge on any atom is -0.395 e. The third-order valence-corrected chi connectivity index (χ3v) is 2.67. The van der Waals surface area contributed by atoms with Gasteiger partial charge in [0.05, 0.1) is 6.61 Å². The highest BCUT2D eigenvalue weighted by molar-refractivity contribution is 9.10. The molecule has 0 aliphatic carbocycles. The Balaban J connectivity index is 3.00. The van der Waals surface area contributed by atoms with E-state index in [4.69, 9.17) is 5.11 Å². The van der Waals surface area contributed by atoms with E-state index in [1.54, 1.807) is 0 Å². The SMILES string of the molecule is CCCc1nc(Br)cc(N(CCO)CC(F)(F)F)n1. The predicted octanol–water partition coefficient (Wildman–Crippen LogP) is 2.55. The van der Waals surface area contributed by atoms with Gasteiger partial charge in [0, 0.05) is 19.0 Å². The molecule has 0 unspecified atom stereocenters. The maximum Gasteiger partial charge on any atom is 0.405 e. The molecule has 0 atom stereocenters. The summed E-state index contributed by atoms with van der Waals surface area (Å²) in [4.78, 5) is 9.19. The van der Waals surface area contributed by atoms with E-state index in [9.17, 15) is 13.2 Å². The molecule has 1 rings (SSSR count). The molecule has 0 aliphatic heterocycles. The Morgan fingerprint density at radius 3 is 2.58 bits per heavy atom. The number of hydrogen-bond donors (Lipinski definition) is 1. The van der Waals surface area contributed by atoms with E-state index >= 15 is 0 Å². The summed E-state index contributed by atoms with van der Waals surface area (Å²) in [5.41, 5.74) is 0. The second-order valence-corrected chi connectivity index (χ2v) is 4.79. The summed E-state index contributed by atoms with van der Waals surface area (Å²) in [6.45, 7) is 0.281. The van der Waals surface area contributed by atoms with Gasteiger partial charge in [-0.3, -0.25) is 0 Å². The molecule has 0 aliphatic rings. The topological polar surface area (TPSA) is 49.2 Å². The third-order valence-electron chi connectivity index (χ3n) is 2.27. The average Bonchev–Trinajstić information content (AvgIpc) is 2.26. The van der Waals surface area contributed by atoms with Gasteiger partial charge in [-0.25, -0.2) is 9.97 Å². The van der Waals surface area contributed by atoms with Gasteiger partial charge in [-0.2, -0.15) is 13.2 Å². The first kappa shape index (κ1) is 16.2. The Bertz CT molecular complexity index is 415. The Hall–Kier alpha value is -0.890. The average molecular weight is 342 g/mol. The van der Waals surface area contributed by atoms with Crippen LogP contribution in [0.3, 0.4) is 0 Å². The summed E-state index contributed by atoms with van der Waals surface area (Å²) in [6, 6.07) is 1.42. The second-order valence-electron chi connectivity index (χ2n) is 3.98. The fourth-order valence-electron chi connectivity index (χ4n) is 1.56. The van der Waals surface area contributed by atoms with E-state index in [0.717, 1.165) is 11.3 Å². The zero-order valence-corrected chi connectivity index (χ0v) is 12.0. The third kappa shape index (κ3) is 5.73. The quantitative estimate of drug-likeness (QED) is 0.808. The fraction of sp³-hybridized carbons (Fsp3) is 0.636. The van der Waals surface area contributed by atoms with Crippen LogP contribution in [-0.4, -0.2) is 40.9 Å².